The Hall–Kier alpha value is -2.57. The number of carbonyl (C=O) groups excluding carboxylic acids is 2. The molecule has 1 saturated heterocycles. The molecule has 1 aromatic rings. The van der Waals surface area contributed by atoms with Crippen LogP contribution in [0.2, 0.25) is 0 Å². The van der Waals surface area contributed by atoms with Gasteiger partial charge in [0.1, 0.15) is 5.75 Å². The molecule has 1 aromatic carbocycles. The smallest absolute Gasteiger partial charge is 0.308 e. The Morgan fingerprint density at radius 2 is 2.12 bits per heavy atom. The van der Waals surface area contributed by atoms with Gasteiger partial charge in [-0.1, -0.05) is 13.0 Å². The average Bonchev–Trinajstić information content (AvgIpc) is 2.65. The third kappa shape index (κ3) is 5.21. The molecule has 0 saturated carbocycles. The standard InChI is InChI=1S/C19H26N2O5/c1-3-10-26-16-8-4-6-14(11-16)18(23)20(2)13-17(22)21-9-5-7-15(12-21)19(24)25/h4,6,8,11,15H,3,5,7,9-10,12-13H2,1-2H3,(H,24,25). The number of aliphatic carboxylic acids is 1. The van der Waals surface area contributed by atoms with Gasteiger partial charge < -0.3 is 19.6 Å². The number of rotatable bonds is 7. The van der Waals surface area contributed by atoms with E-state index >= 15 is 0 Å². The number of hydrogen-bond donors (Lipinski definition) is 1. The molecule has 142 valence electrons. The van der Waals surface area contributed by atoms with Crippen LogP contribution in [0.1, 0.15) is 36.5 Å². The fraction of sp³-hybridized carbons (Fsp3) is 0.526. The highest BCUT2D eigenvalue weighted by atomic mass is 16.5. The Morgan fingerprint density at radius 3 is 2.81 bits per heavy atom. The van der Waals surface area contributed by atoms with Gasteiger partial charge in [0.2, 0.25) is 5.91 Å². The van der Waals surface area contributed by atoms with Crippen molar-refractivity contribution in [2.45, 2.75) is 26.2 Å². The molecule has 7 nitrogen and oxygen atoms in total. The number of piperidine rings is 1. The summed E-state index contributed by atoms with van der Waals surface area (Å²) in [4.78, 5) is 39.0. The van der Waals surface area contributed by atoms with Crippen molar-refractivity contribution in [2.24, 2.45) is 5.92 Å². The number of carbonyl (C=O) groups is 3. The van der Waals surface area contributed by atoms with E-state index in [4.69, 9.17) is 9.84 Å². The number of carboxylic acids is 1. The lowest BCUT2D eigenvalue weighted by Gasteiger charge is -2.32. The molecular formula is C19H26N2O5. The maximum absolute atomic E-state index is 12.6. The van der Waals surface area contributed by atoms with E-state index < -0.39 is 11.9 Å². The number of amides is 2. The Morgan fingerprint density at radius 1 is 1.35 bits per heavy atom. The first-order valence-corrected chi connectivity index (χ1v) is 8.91. The van der Waals surface area contributed by atoms with Gasteiger partial charge in [-0.15, -0.1) is 0 Å². The molecule has 0 spiro atoms. The summed E-state index contributed by atoms with van der Waals surface area (Å²) >= 11 is 0. The number of carboxylic acid groups (broad SMARTS) is 1. The molecule has 7 heteroatoms. The zero-order chi connectivity index (χ0) is 19.1. The van der Waals surface area contributed by atoms with Gasteiger partial charge in [0, 0.05) is 25.7 Å². The number of nitrogens with zero attached hydrogens (tertiary/aromatic N) is 2. The second-order valence-electron chi connectivity index (χ2n) is 6.55. The van der Waals surface area contributed by atoms with Crippen molar-refractivity contribution in [1.29, 1.82) is 0 Å². The van der Waals surface area contributed by atoms with Crippen molar-refractivity contribution in [3.63, 3.8) is 0 Å². The summed E-state index contributed by atoms with van der Waals surface area (Å²) < 4.78 is 5.53. The first-order valence-electron chi connectivity index (χ1n) is 8.91. The molecule has 1 fully saturated rings. The fourth-order valence-electron chi connectivity index (χ4n) is 2.94. The molecule has 1 aliphatic rings. The second-order valence-corrected chi connectivity index (χ2v) is 6.55. The molecule has 0 aromatic heterocycles. The Balaban J connectivity index is 1.96. The summed E-state index contributed by atoms with van der Waals surface area (Å²) in [5.41, 5.74) is 0.455. The van der Waals surface area contributed by atoms with Crippen LogP contribution in [-0.4, -0.2) is 66.0 Å². The summed E-state index contributed by atoms with van der Waals surface area (Å²) in [6.07, 6.45) is 2.12. The highest BCUT2D eigenvalue weighted by Crippen LogP contribution is 2.18. The van der Waals surface area contributed by atoms with Gasteiger partial charge in [-0.05, 0) is 37.5 Å². The van der Waals surface area contributed by atoms with Crippen LogP contribution in [0.5, 0.6) is 5.75 Å². The molecule has 0 radical (unpaired) electrons. The van der Waals surface area contributed by atoms with Gasteiger partial charge in [0.05, 0.1) is 19.1 Å². The van der Waals surface area contributed by atoms with Gasteiger partial charge in [0.25, 0.3) is 5.91 Å². The molecule has 1 N–H and O–H groups in total. The Labute approximate surface area is 153 Å². The lowest BCUT2D eigenvalue weighted by Crippen LogP contribution is -2.46. The predicted octanol–water partition coefficient (Wildman–Crippen LogP) is 1.87. The Kier molecular flexibility index (Phi) is 7.00. The van der Waals surface area contributed by atoms with Crippen LogP contribution in [0, 0.1) is 5.92 Å². The summed E-state index contributed by atoms with van der Waals surface area (Å²) in [7, 11) is 1.57. The quantitative estimate of drug-likeness (QED) is 0.800. The number of likely N-dealkylation sites (N-methyl/N-ethyl adjacent to an activating group) is 1. The maximum Gasteiger partial charge on any atom is 0.308 e. The molecular weight excluding hydrogens is 336 g/mol. The van der Waals surface area contributed by atoms with Crippen molar-refractivity contribution < 1.29 is 24.2 Å². The van der Waals surface area contributed by atoms with Crippen LogP contribution < -0.4 is 4.74 Å². The topological polar surface area (TPSA) is 87.2 Å². The third-order valence-electron chi connectivity index (χ3n) is 4.40. The van der Waals surface area contributed by atoms with Gasteiger partial charge in [-0.3, -0.25) is 14.4 Å². The summed E-state index contributed by atoms with van der Waals surface area (Å²) in [5.74, 6) is -1.29. The van der Waals surface area contributed by atoms with E-state index in [0.717, 1.165) is 6.42 Å². The third-order valence-corrected chi connectivity index (χ3v) is 4.40. The van der Waals surface area contributed by atoms with E-state index in [9.17, 15) is 14.4 Å². The summed E-state index contributed by atoms with van der Waals surface area (Å²) in [5, 5.41) is 9.13. The van der Waals surface area contributed by atoms with Crippen molar-refractivity contribution in [1.82, 2.24) is 9.80 Å². The Bertz CT molecular complexity index is 661. The van der Waals surface area contributed by atoms with E-state index in [1.165, 1.54) is 9.80 Å². The largest absolute Gasteiger partial charge is 0.494 e. The SMILES string of the molecule is CCCOc1cccc(C(=O)N(C)CC(=O)N2CCCC(C(=O)O)C2)c1. The van der Waals surface area contributed by atoms with E-state index in [1.54, 1.807) is 31.3 Å². The molecule has 1 heterocycles. The highest BCUT2D eigenvalue weighted by Gasteiger charge is 2.29. The minimum absolute atomic E-state index is 0.0782. The summed E-state index contributed by atoms with van der Waals surface area (Å²) in [6.45, 7) is 3.24. The lowest BCUT2D eigenvalue weighted by molar-refractivity contribution is -0.145. The molecule has 1 unspecified atom stereocenters. The molecule has 26 heavy (non-hydrogen) atoms. The second kappa shape index (κ2) is 9.22. The van der Waals surface area contributed by atoms with E-state index in [0.29, 0.717) is 37.3 Å². The van der Waals surface area contributed by atoms with Gasteiger partial charge in [-0.2, -0.15) is 0 Å². The first-order chi connectivity index (χ1) is 12.4. The van der Waals surface area contributed by atoms with Crippen LogP contribution >= 0.6 is 0 Å². The van der Waals surface area contributed by atoms with E-state index in [2.05, 4.69) is 0 Å². The van der Waals surface area contributed by atoms with Crippen LogP contribution in [0.4, 0.5) is 0 Å². The van der Waals surface area contributed by atoms with Crippen LogP contribution in [0.15, 0.2) is 24.3 Å². The molecule has 1 atom stereocenters. The minimum Gasteiger partial charge on any atom is -0.494 e. The monoisotopic (exact) mass is 362 g/mol. The fourth-order valence-corrected chi connectivity index (χ4v) is 2.94. The average molecular weight is 362 g/mol. The molecule has 1 aliphatic heterocycles. The number of ether oxygens (including phenoxy) is 1. The van der Waals surface area contributed by atoms with Crippen LogP contribution in [0.3, 0.4) is 0 Å². The van der Waals surface area contributed by atoms with Crippen molar-refractivity contribution >= 4 is 17.8 Å². The minimum atomic E-state index is -0.879. The van der Waals surface area contributed by atoms with Crippen molar-refractivity contribution in [3.05, 3.63) is 29.8 Å². The van der Waals surface area contributed by atoms with E-state index in [1.807, 2.05) is 6.92 Å². The van der Waals surface area contributed by atoms with Crippen molar-refractivity contribution in [3.8, 4) is 5.75 Å². The van der Waals surface area contributed by atoms with Gasteiger partial charge in [0.15, 0.2) is 0 Å². The maximum atomic E-state index is 12.6. The summed E-state index contributed by atoms with van der Waals surface area (Å²) in [6, 6.07) is 6.89. The lowest BCUT2D eigenvalue weighted by atomic mass is 9.98. The normalized spacial score (nSPS) is 16.8. The molecule has 2 amide bonds. The van der Waals surface area contributed by atoms with Crippen LogP contribution in [0.25, 0.3) is 0 Å². The first kappa shape index (κ1) is 19.8. The zero-order valence-corrected chi connectivity index (χ0v) is 15.3. The van der Waals surface area contributed by atoms with Crippen LogP contribution in [-0.2, 0) is 9.59 Å². The number of benzene rings is 1. The van der Waals surface area contributed by atoms with Crippen molar-refractivity contribution in [2.75, 3.05) is 33.3 Å². The molecule has 0 bridgehead atoms. The number of hydrogen-bond acceptors (Lipinski definition) is 4. The predicted molar refractivity (Wildman–Crippen MR) is 96.1 cm³/mol. The highest BCUT2D eigenvalue weighted by molar-refractivity contribution is 5.96. The van der Waals surface area contributed by atoms with E-state index in [-0.39, 0.29) is 24.9 Å². The molecule has 0 aliphatic carbocycles. The van der Waals surface area contributed by atoms with Gasteiger partial charge in [-0.25, -0.2) is 0 Å². The zero-order valence-electron chi connectivity index (χ0n) is 15.3. The number of likely N-dealkylation sites (tertiary alicyclic amines) is 1. The molecule has 2 rings (SSSR count). The van der Waals surface area contributed by atoms with Gasteiger partial charge >= 0.3 is 5.97 Å².